The Kier molecular flexibility index (Phi) is 6.85. The van der Waals surface area contributed by atoms with E-state index in [2.05, 4.69) is 4.98 Å². The van der Waals surface area contributed by atoms with E-state index in [1.165, 1.54) is 23.9 Å². The van der Waals surface area contributed by atoms with Gasteiger partial charge in [-0.2, -0.15) is 0 Å². The lowest BCUT2D eigenvalue weighted by Gasteiger charge is -2.15. The van der Waals surface area contributed by atoms with E-state index in [-0.39, 0.29) is 23.6 Å². The average molecular weight is 473 g/mol. The molecule has 1 aliphatic heterocycles. The van der Waals surface area contributed by atoms with Gasteiger partial charge in [-0.3, -0.25) is 14.7 Å². The first-order chi connectivity index (χ1) is 15.0. The number of halogens is 2. The molecule has 31 heavy (non-hydrogen) atoms. The summed E-state index contributed by atoms with van der Waals surface area (Å²) in [6.07, 6.45) is 3.94. The van der Waals surface area contributed by atoms with Crippen LogP contribution in [0.3, 0.4) is 0 Å². The lowest BCUT2D eigenvalue weighted by Crippen LogP contribution is -2.31. The lowest BCUT2D eigenvalue weighted by molar-refractivity contribution is -0.126. The minimum atomic E-state index is -0.309. The van der Waals surface area contributed by atoms with Crippen LogP contribution in [0.1, 0.15) is 16.7 Å². The van der Waals surface area contributed by atoms with E-state index in [0.29, 0.717) is 28.1 Å². The average Bonchev–Trinajstić information content (AvgIpc) is 3.01. The molecule has 1 aromatic heterocycles. The van der Waals surface area contributed by atoms with Crippen molar-refractivity contribution >= 4 is 45.8 Å². The zero-order valence-corrected chi connectivity index (χ0v) is 18.7. The van der Waals surface area contributed by atoms with Gasteiger partial charge < -0.3 is 4.74 Å². The highest BCUT2D eigenvalue weighted by molar-refractivity contribution is 8.24. The summed E-state index contributed by atoms with van der Waals surface area (Å²) in [5.41, 5.74) is 2.57. The van der Waals surface area contributed by atoms with E-state index in [9.17, 15) is 9.18 Å². The highest BCUT2D eigenvalue weighted by Gasteiger charge is 2.36. The zero-order valence-electron chi connectivity index (χ0n) is 16.3. The molecule has 1 saturated heterocycles. The van der Waals surface area contributed by atoms with Crippen LogP contribution in [0.4, 0.5) is 4.39 Å². The molecule has 0 unspecified atom stereocenters. The van der Waals surface area contributed by atoms with Crippen molar-refractivity contribution in [2.24, 2.45) is 0 Å². The van der Waals surface area contributed by atoms with Gasteiger partial charge in [0.05, 0.1) is 16.8 Å². The maximum atomic E-state index is 13.3. The predicted octanol–water partition coefficient (Wildman–Crippen LogP) is 5.42. The Labute approximate surface area is 194 Å². The fourth-order valence-corrected chi connectivity index (χ4v) is 5.03. The molecule has 0 N–H and O–H groups in total. The second-order valence-corrected chi connectivity index (χ2v) is 9.29. The number of amides is 1. The molecule has 1 aliphatic rings. The Balaban J connectivity index is 1.38. The van der Waals surface area contributed by atoms with Gasteiger partial charge in [-0.25, -0.2) is 4.39 Å². The van der Waals surface area contributed by atoms with E-state index in [1.54, 1.807) is 41.6 Å². The quantitative estimate of drug-likeness (QED) is 0.429. The minimum Gasteiger partial charge on any atom is -0.487 e. The minimum absolute atomic E-state index is 0.0126. The van der Waals surface area contributed by atoms with E-state index in [0.717, 1.165) is 16.7 Å². The molecule has 2 heterocycles. The standard InChI is InChI=1S/C23H18ClFN2O2S2/c24-19-10-15(6-7-20(19)29-14-16-3-1-5-18(25)9-16)11-21-22(28)27(23(30)31-21)13-17-4-2-8-26-12-17/h1-10,12,21H,11,13-14H2/t21-/m0/s1. The Hall–Kier alpha value is -2.48. The number of rotatable bonds is 7. The summed E-state index contributed by atoms with van der Waals surface area (Å²) in [4.78, 5) is 18.6. The number of benzene rings is 2. The summed E-state index contributed by atoms with van der Waals surface area (Å²) in [5.74, 6) is 0.187. The van der Waals surface area contributed by atoms with Crippen LogP contribution in [0.15, 0.2) is 67.0 Å². The van der Waals surface area contributed by atoms with Crippen LogP contribution in [0.2, 0.25) is 5.02 Å². The number of hydrogen-bond donors (Lipinski definition) is 0. The van der Waals surface area contributed by atoms with Gasteiger partial charge >= 0.3 is 0 Å². The van der Waals surface area contributed by atoms with Crippen molar-refractivity contribution in [2.75, 3.05) is 0 Å². The molecule has 1 fully saturated rings. The molecule has 0 spiro atoms. The van der Waals surface area contributed by atoms with Gasteiger partial charge in [-0.05, 0) is 53.4 Å². The molecule has 158 valence electrons. The topological polar surface area (TPSA) is 42.4 Å². The van der Waals surface area contributed by atoms with E-state index < -0.39 is 0 Å². The number of aromatic nitrogens is 1. The van der Waals surface area contributed by atoms with E-state index >= 15 is 0 Å². The largest absolute Gasteiger partial charge is 0.487 e. The van der Waals surface area contributed by atoms with Crippen molar-refractivity contribution in [1.82, 2.24) is 9.88 Å². The second-order valence-electron chi connectivity index (χ2n) is 7.05. The van der Waals surface area contributed by atoms with Gasteiger partial charge in [0, 0.05) is 12.4 Å². The third-order valence-corrected chi connectivity index (χ3v) is 6.65. The number of thiocarbonyl (C=S) groups is 1. The summed E-state index contributed by atoms with van der Waals surface area (Å²) < 4.78 is 19.6. The summed E-state index contributed by atoms with van der Waals surface area (Å²) in [6, 6.07) is 15.4. The fourth-order valence-electron chi connectivity index (χ4n) is 3.24. The van der Waals surface area contributed by atoms with Gasteiger partial charge in [0.1, 0.15) is 22.5 Å². The fraction of sp³-hybridized carbons (Fsp3) is 0.174. The van der Waals surface area contributed by atoms with Crippen molar-refractivity contribution in [3.8, 4) is 5.75 Å². The summed E-state index contributed by atoms with van der Waals surface area (Å²) in [6.45, 7) is 0.633. The molecule has 0 radical (unpaired) electrons. The molecule has 3 aromatic rings. The first kappa shape index (κ1) is 21.7. The molecule has 8 heteroatoms. The van der Waals surface area contributed by atoms with Crippen molar-refractivity contribution in [3.05, 3.63) is 94.5 Å². The maximum Gasteiger partial charge on any atom is 0.242 e. The summed E-state index contributed by atoms with van der Waals surface area (Å²) in [7, 11) is 0. The van der Waals surface area contributed by atoms with Crippen LogP contribution in [-0.2, 0) is 24.4 Å². The van der Waals surface area contributed by atoms with Gasteiger partial charge in [0.15, 0.2) is 0 Å². The van der Waals surface area contributed by atoms with Crippen LogP contribution in [0.5, 0.6) is 5.75 Å². The Morgan fingerprint density at radius 1 is 1.13 bits per heavy atom. The molecule has 2 aromatic carbocycles. The number of thioether (sulfide) groups is 1. The lowest BCUT2D eigenvalue weighted by atomic mass is 10.1. The number of carbonyl (C=O) groups excluding carboxylic acids is 1. The first-order valence-corrected chi connectivity index (χ1v) is 11.2. The molecule has 0 bridgehead atoms. The Bertz CT molecular complexity index is 1110. The van der Waals surface area contributed by atoms with Gasteiger partial charge in [-0.15, -0.1) is 0 Å². The van der Waals surface area contributed by atoms with Crippen LogP contribution >= 0.6 is 35.6 Å². The van der Waals surface area contributed by atoms with Crippen LogP contribution in [-0.4, -0.2) is 25.4 Å². The van der Waals surface area contributed by atoms with Gasteiger partial charge in [0.25, 0.3) is 0 Å². The zero-order chi connectivity index (χ0) is 21.8. The normalized spacial score (nSPS) is 16.1. The van der Waals surface area contributed by atoms with Crippen molar-refractivity contribution in [1.29, 1.82) is 0 Å². The summed E-state index contributed by atoms with van der Waals surface area (Å²) in [5, 5.41) is 0.151. The van der Waals surface area contributed by atoms with E-state index in [1.807, 2.05) is 18.2 Å². The van der Waals surface area contributed by atoms with Crippen LogP contribution in [0, 0.1) is 5.82 Å². The number of nitrogens with zero attached hydrogens (tertiary/aromatic N) is 2. The molecule has 0 saturated carbocycles. The second kappa shape index (κ2) is 9.77. The number of pyridine rings is 1. The Morgan fingerprint density at radius 3 is 2.71 bits per heavy atom. The number of ether oxygens (including phenoxy) is 1. The molecule has 4 nitrogen and oxygen atoms in total. The maximum absolute atomic E-state index is 13.3. The molecule has 1 atom stereocenters. The predicted molar refractivity (Wildman–Crippen MR) is 125 cm³/mol. The molecular weight excluding hydrogens is 455 g/mol. The van der Waals surface area contributed by atoms with Crippen molar-refractivity contribution in [2.45, 2.75) is 24.8 Å². The van der Waals surface area contributed by atoms with Crippen LogP contribution < -0.4 is 4.74 Å². The highest BCUT2D eigenvalue weighted by atomic mass is 35.5. The third kappa shape index (κ3) is 5.42. The highest BCUT2D eigenvalue weighted by Crippen LogP contribution is 2.33. The van der Waals surface area contributed by atoms with Crippen molar-refractivity contribution in [3.63, 3.8) is 0 Å². The first-order valence-electron chi connectivity index (χ1n) is 9.56. The van der Waals surface area contributed by atoms with Crippen LogP contribution in [0.25, 0.3) is 0 Å². The Morgan fingerprint density at radius 2 is 1.97 bits per heavy atom. The SMILES string of the molecule is O=C1[C@H](Cc2ccc(OCc3cccc(F)c3)c(Cl)c2)SC(=S)N1Cc1cccnc1. The summed E-state index contributed by atoms with van der Waals surface area (Å²) >= 11 is 13.2. The van der Waals surface area contributed by atoms with E-state index in [4.69, 9.17) is 28.6 Å². The van der Waals surface area contributed by atoms with Gasteiger partial charge in [0.2, 0.25) is 5.91 Å². The third-order valence-electron chi connectivity index (χ3n) is 4.77. The number of hydrogen-bond acceptors (Lipinski definition) is 5. The molecule has 0 aliphatic carbocycles. The molecule has 4 rings (SSSR count). The smallest absolute Gasteiger partial charge is 0.242 e. The number of carbonyl (C=O) groups is 1. The molecular formula is C23H18ClFN2O2S2. The monoisotopic (exact) mass is 472 g/mol. The van der Waals surface area contributed by atoms with Crippen molar-refractivity contribution < 1.29 is 13.9 Å². The van der Waals surface area contributed by atoms with Gasteiger partial charge in [-0.1, -0.05) is 59.8 Å². The molecule has 1 amide bonds.